The van der Waals surface area contributed by atoms with Gasteiger partial charge in [-0.1, -0.05) is 97.1 Å². The quantitative estimate of drug-likeness (QED) is 0.180. The highest BCUT2D eigenvalue weighted by Gasteiger charge is 2.25. The van der Waals surface area contributed by atoms with Gasteiger partial charge >= 0.3 is 0 Å². The third-order valence-electron chi connectivity index (χ3n) is 10.5. The summed E-state index contributed by atoms with van der Waals surface area (Å²) in [5.74, 6) is -0.279. The molecule has 0 spiro atoms. The Kier molecular flexibility index (Phi) is 6.40. The van der Waals surface area contributed by atoms with E-state index in [0.29, 0.717) is 0 Å². The number of fused-ring (bicyclic) bond motifs is 9. The smallest absolute Gasteiger partial charge is 0.135 e. The number of furan rings is 1. The molecule has 8 aromatic carbocycles. The molecule has 11 aromatic rings. The van der Waals surface area contributed by atoms with Gasteiger partial charge in [-0.15, -0.1) is 0 Å². The molecule has 53 heavy (non-hydrogen) atoms. The van der Waals surface area contributed by atoms with Gasteiger partial charge in [0.15, 0.2) is 0 Å². The second-order valence-electron chi connectivity index (χ2n) is 13.5. The number of hydrogen-bond acceptors (Lipinski definition) is 2. The standard InChI is InChI=1S/C48H30FN3O/c49-31-13-10-16-33(29-31)52-40-21-7-4-17-35(40)37-20-11-25-44(48(37)52)51(34-27-28-46-39(30-34)36-18-6-9-26-45(36)53-46)43-24-12-23-42-47(43)38-19-5-8-22-41(38)50(42)32-14-2-1-3-15-32/h1-30H. The van der Waals surface area contributed by atoms with Crippen molar-refractivity contribution in [3.05, 3.63) is 188 Å². The molecule has 0 unspecified atom stereocenters. The molecule has 0 N–H and O–H groups in total. The average molecular weight is 684 g/mol. The van der Waals surface area contributed by atoms with E-state index in [4.69, 9.17) is 4.42 Å². The van der Waals surface area contributed by atoms with Crippen molar-refractivity contribution in [3.8, 4) is 11.4 Å². The molecule has 0 saturated carbocycles. The van der Waals surface area contributed by atoms with Crippen molar-refractivity contribution in [2.45, 2.75) is 0 Å². The Morgan fingerprint density at radius 3 is 1.89 bits per heavy atom. The summed E-state index contributed by atoms with van der Waals surface area (Å²) in [6.07, 6.45) is 0. The number of nitrogens with zero attached hydrogens (tertiary/aromatic N) is 3. The topological polar surface area (TPSA) is 26.2 Å². The Balaban J connectivity index is 1.30. The summed E-state index contributed by atoms with van der Waals surface area (Å²) in [6.45, 7) is 0. The van der Waals surface area contributed by atoms with Crippen LogP contribution < -0.4 is 4.90 Å². The van der Waals surface area contributed by atoms with Gasteiger partial charge in [-0.05, 0) is 84.9 Å². The monoisotopic (exact) mass is 683 g/mol. The fourth-order valence-corrected chi connectivity index (χ4v) is 8.37. The van der Waals surface area contributed by atoms with Crippen LogP contribution in [0.25, 0.3) is 76.9 Å². The minimum absolute atomic E-state index is 0.279. The highest BCUT2D eigenvalue weighted by atomic mass is 19.1. The maximum Gasteiger partial charge on any atom is 0.135 e. The molecule has 0 bridgehead atoms. The summed E-state index contributed by atoms with van der Waals surface area (Å²) in [5, 5.41) is 6.58. The summed E-state index contributed by atoms with van der Waals surface area (Å²) in [7, 11) is 0. The van der Waals surface area contributed by atoms with Gasteiger partial charge in [-0.3, -0.25) is 0 Å². The molecule has 0 atom stereocenters. The normalized spacial score (nSPS) is 11.9. The van der Waals surface area contributed by atoms with Gasteiger partial charge in [-0.2, -0.15) is 0 Å². The van der Waals surface area contributed by atoms with Crippen LogP contribution in [0.5, 0.6) is 0 Å². The summed E-state index contributed by atoms with van der Waals surface area (Å²) in [5.41, 5.74) is 10.8. The zero-order chi connectivity index (χ0) is 35.0. The van der Waals surface area contributed by atoms with Crippen LogP contribution in [0.2, 0.25) is 0 Å². The first-order chi connectivity index (χ1) is 26.2. The van der Waals surface area contributed by atoms with E-state index >= 15 is 4.39 Å². The van der Waals surface area contributed by atoms with Gasteiger partial charge < -0.3 is 18.5 Å². The summed E-state index contributed by atoms with van der Waals surface area (Å²) >= 11 is 0. The molecule has 3 aromatic heterocycles. The van der Waals surface area contributed by atoms with Crippen LogP contribution in [0.1, 0.15) is 0 Å². The van der Waals surface area contributed by atoms with Crippen LogP contribution in [0.4, 0.5) is 21.5 Å². The van der Waals surface area contributed by atoms with Crippen LogP contribution >= 0.6 is 0 Å². The van der Waals surface area contributed by atoms with E-state index in [1.807, 2.05) is 24.3 Å². The molecule has 0 aliphatic rings. The van der Waals surface area contributed by atoms with E-state index in [9.17, 15) is 0 Å². The Hall–Kier alpha value is -7.11. The maximum absolute atomic E-state index is 15.0. The second kappa shape index (κ2) is 11.5. The lowest BCUT2D eigenvalue weighted by Crippen LogP contribution is -2.12. The molecule has 11 rings (SSSR count). The van der Waals surface area contributed by atoms with Gasteiger partial charge in [0.2, 0.25) is 0 Å². The predicted octanol–water partition coefficient (Wildman–Crippen LogP) is 13.4. The molecule has 0 radical (unpaired) electrons. The molecule has 5 heteroatoms. The number of para-hydroxylation sites is 5. The van der Waals surface area contributed by atoms with E-state index in [2.05, 4.69) is 154 Å². The molecular weight excluding hydrogens is 654 g/mol. The lowest BCUT2D eigenvalue weighted by Gasteiger charge is -2.28. The van der Waals surface area contributed by atoms with Gasteiger partial charge in [0, 0.05) is 49.4 Å². The Morgan fingerprint density at radius 1 is 0.415 bits per heavy atom. The molecule has 0 aliphatic heterocycles. The molecule has 3 heterocycles. The average Bonchev–Trinajstić information content (AvgIpc) is 3.87. The zero-order valence-electron chi connectivity index (χ0n) is 28.4. The minimum atomic E-state index is -0.279. The number of hydrogen-bond donors (Lipinski definition) is 0. The van der Waals surface area contributed by atoms with Crippen molar-refractivity contribution in [1.82, 2.24) is 9.13 Å². The molecule has 250 valence electrons. The Bertz CT molecular complexity index is 3210. The lowest BCUT2D eigenvalue weighted by molar-refractivity contribution is 0.627. The van der Waals surface area contributed by atoms with E-state index < -0.39 is 0 Å². The maximum atomic E-state index is 15.0. The number of anilines is 3. The first-order valence-corrected chi connectivity index (χ1v) is 17.8. The largest absolute Gasteiger partial charge is 0.456 e. The number of aromatic nitrogens is 2. The minimum Gasteiger partial charge on any atom is -0.456 e. The lowest BCUT2D eigenvalue weighted by atomic mass is 10.1. The second-order valence-corrected chi connectivity index (χ2v) is 13.5. The highest BCUT2D eigenvalue weighted by molar-refractivity contribution is 6.20. The third-order valence-corrected chi connectivity index (χ3v) is 10.5. The summed E-state index contributed by atoms with van der Waals surface area (Å²) < 4.78 is 25.9. The van der Waals surface area contributed by atoms with Crippen molar-refractivity contribution in [1.29, 1.82) is 0 Å². The van der Waals surface area contributed by atoms with Crippen LogP contribution in [-0.2, 0) is 0 Å². The van der Waals surface area contributed by atoms with Gasteiger partial charge in [0.05, 0.1) is 33.4 Å². The molecule has 0 amide bonds. The van der Waals surface area contributed by atoms with E-state index in [1.165, 1.54) is 6.07 Å². The van der Waals surface area contributed by atoms with E-state index in [1.54, 1.807) is 12.1 Å². The van der Waals surface area contributed by atoms with E-state index in [0.717, 1.165) is 94.0 Å². The van der Waals surface area contributed by atoms with Crippen LogP contribution in [-0.4, -0.2) is 9.13 Å². The van der Waals surface area contributed by atoms with Crippen molar-refractivity contribution in [2.75, 3.05) is 4.90 Å². The predicted molar refractivity (Wildman–Crippen MR) is 217 cm³/mol. The molecule has 0 aliphatic carbocycles. The van der Waals surface area contributed by atoms with Crippen LogP contribution in [0, 0.1) is 5.82 Å². The summed E-state index contributed by atoms with van der Waals surface area (Å²) in [6, 6.07) is 62.2. The van der Waals surface area contributed by atoms with Crippen molar-refractivity contribution < 1.29 is 8.81 Å². The first-order valence-electron chi connectivity index (χ1n) is 17.8. The fraction of sp³-hybridized carbons (Fsp3) is 0. The van der Waals surface area contributed by atoms with Gasteiger partial charge in [0.1, 0.15) is 17.0 Å². The van der Waals surface area contributed by atoms with Crippen LogP contribution in [0.15, 0.2) is 186 Å². The van der Waals surface area contributed by atoms with Crippen LogP contribution in [0.3, 0.4) is 0 Å². The fourth-order valence-electron chi connectivity index (χ4n) is 8.37. The van der Waals surface area contributed by atoms with Gasteiger partial charge in [0.25, 0.3) is 0 Å². The van der Waals surface area contributed by atoms with Crippen molar-refractivity contribution in [3.63, 3.8) is 0 Å². The molecule has 0 saturated heterocycles. The first kappa shape index (κ1) is 29.6. The Labute approximate surface area is 303 Å². The number of rotatable bonds is 5. The molecule has 4 nitrogen and oxygen atoms in total. The third kappa shape index (κ3) is 4.41. The molecular formula is C48H30FN3O. The summed E-state index contributed by atoms with van der Waals surface area (Å²) in [4.78, 5) is 2.38. The zero-order valence-corrected chi connectivity index (χ0v) is 28.4. The Morgan fingerprint density at radius 2 is 1.04 bits per heavy atom. The number of halogens is 1. The molecule has 0 fully saturated rings. The number of benzene rings is 8. The van der Waals surface area contributed by atoms with E-state index in [-0.39, 0.29) is 5.82 Å². The van der Waals surface area contributed by atoms with Crippen molar-refractivity contribution >= 4 is 82.6 Å². The SMILES string of the molecule is Fc1cccc(-n2c3ccccc3c3cccc(N(c4ccc5oc6ccccc6c5c4)c4cccc5c4c4ccccc4n5-c4ccccc4)c32)c1. The van der Waals surface area contributed by atoms with Gasteiger partial charge in [-0.25, -0.2) is 4.39 Å². The van der Waals surface area contributed by atoms with Crippen molar-refractivity contribution in [2.24, 2.45) is 0 Å². The highest BCUT2D eigenvalue weighted by Crippen LogP contribution is 2.48.